The molecule has 0 saturated heterocycles. The first-order valence-corrected chi connectivity index (χ1v) is 9.15. The topological polar surface area (TPSA) is 72.3 Å². The Morgan fingerprint density at radius 1 is 1.18 bits per heavy atom. The van der Waals surface area contributed by atoms with Crippen molar-refractivity contribution in [2.24, 2.45) is 0 Å². The van der Waals surface area contributed by atoms with E-state index >= 15 is 0 Å². The summed E-state index contributed by atoms with van der Waals surface area (Å²) >= 11 is 0. The highest BCUT2D eigenvalue weighted by atomic mass is 16.5. The Hall–Kier alpha value is -3.06. The lowest BCUT2D eigenvalue weighted by Gasteiger charge is -2.29. The van der Waals surface area contributed by atoms with Crippen LogP contribution in [0.1, 0.15) is 11.1 Å². The summed E-state index contributed by atoms with van der Waals surface area (Å²) in [5.74, 6) is 1.09. The van der Waals surface area contributed by atoms with Gasteiger partial charge in [0.05, 0.1) is 32.6 Å². The van der Waals surface area contributed by atoms with E-state index in [0.29, 0.717) is 23.7 Å². The molecule has 3 rings (SSSR count). The van der Waals surface area contributed by atoms with E-state index in [1.165, 1.54) is 0 Å². The third kappa shape index (κ3) is 4.09. The van der Waals surface area contributed by atoms with E-state index < -0.39 is 0 Å². The second kappa shape index (κ2) is 8.31. The Labute approximate surface area is 164 Å². The Kier molecular flexibility index (Phi) is 5.84. The number of aryl methyl sites for hydroxylation is 1. The molecule has 0 aromatic heterocycles. The number of nitrogens with zero attached hydrogens (tertiary/aromatic N) is 1. The van der Waals surface area contributed by atoms with Gasteiger partial charge in [-0.15, -0.1) is 0 Å². The van der Waals surface area contributed by atoms with Gasteiger partial charge in [-0.3, -0.25) is 14.5 Å². The van der Waals surface area contributed by atoms with E-state index in [2.05, 4.69) is 5.32 Å². The van der Waals surface area contributed by atoms with Gasteiger partial charge in [0.25, 0.3) is 5.91 Å². The number of para-hydroxylation sites is 2. The van der Waals surface area contributed by atoms with E-state index in [1.807, 2.05) is 44.3 Å². The number of quaternary nitrogens is 1. The molecule has 28 heavy (non-hydrogen) atoms. The summed E-state index contributed by atoms with van der Waals surface area (Å²) in [6.07, 6.45) is 0. The van der Waals surface area contributed by atoms with Crippen LogP contribution in [-0.2, 0) is 16.1 Å². The van der Waals surface area contributed by atoms with Crippen LogP contribution in [0.2, 0.25) is 0 Å². The van der Waals surface area contributed by atoms with Crippen LogP contribution in [0.4, 0.5) is 11.4 Å². The second-order valence-electron chi connectivity index (χ2n) is 6.99. The molecule has 2 amide bonds. The van der Waals surface area contributed by atoms with Crippen LogP contribution in [0.15, 0.2) is 36.4 Å². The van der Waals surface area contributed by atoms with Crippen molar-refractivity contribution in [1.29, 1.82) is 0 Å². The molecule has 0 radical (unpaired) electrons. The van der Waals surface area contributed by atoms with Crippen LogP contribution in [0, 0.1) is 6.92 Å². The highest BCUT2D eigenvalue weighted by molar-refractivity contribution is 6.10. The SMILES string of the molecule is COc1cc(C)c(C[NH+](C)CC(=O)N2CC(=O)Nc3ccccc32)cc1OC. The van der Waals surface area contributed by atoms with Crippen molar-refractivity contribution in [3.63, 3.8) is 0 Å². The monoisotopic (exact) mass is 384 g/mol. The number of anilines is 2. The minimum Gasteiger partial charge on any atom is -0.493 e. The van der Waals surface area contributed by atoms with Gasteiger partial charge in [0.2, 0.25) is 5.91 Å². The number of hydrogen-bond donors (Lipinski definition) is 2. The third-order valence-electron chi connectivity index (χ3n) is 4.86. The summed E-state index contributed by atoms with van der Waals surface area (Å²) in [4.78, 5) is 27.4. The van der Waals surface area contributed by atoms with E-state index in [1.54, 1.807) is 25.2 Å². The molecule has 0 fully saturated rings. The van der Waals surface area contributed by atoms with E-state index in [9.17, 15) is 9.59 Å². The first-order chi connectivity index (χ1) is 13.4. The summed E-state index contributed by atoms with van der Waals surface area (Å²) in [6, 6.07) is 11.2. The smallest absolute Gasteiger partial charge is 0.282 e. The number of rotatable bonds is 6. The van der Waals surface area contributed by atoms with Gasteiger partial charge in [-0.2, -0.15) is 0 Å². The third-order valence-corrected chi connectivity index (χ3v) is 4.86. The Morgan fingerprint density at radius 3 is 2.57 bits per heavy atom. The number of nitrogens with one attached hydrogen (secondary N) is 2. The molecule has 0 bridgehead atoms. The molecular weight excluding hydrogens is 358 g/mol. The molecule has 0 saturated carbocycles. The summed E-state index contributed by atoms with van der Waals surface area (Å²) in [7, 11) is 5.18. The molecule has 2 aromatic rings. The van der Waals surface area contributed by atoms with Gasteiger partial charge in [-0.05, 0) is 36.8 Å². The van der Waals surface area contributed by atoms with Crippen molar-refractivity contribution in [2.75, 3.05) is 44.6 Å². The molecule has 0 spiro atoms. The lowest BCUT2D eigenvalue weighted by molar-refractivity contribution is -0.885. The summed E-state index contributed by atoms with van der Waals surface area (Å²) in [6.45, 7) is 2.98. The minimum atomic E-state index is -0.180. The molecule has 1 aliphatic rings. The van der Waals surface area contributed by atoms with Crippen LogP contribution in [-0.4, -0.2) is 46.2 Å². The standard InChI is InChI=1S/C21H25N3O4/c1-14-9-18(27-3)19(28-4)10-15(14)11-23(2)13-21(26)24-12-20(25)22-16-7-5-6-8-17(16)24/h5-10H,11-13H2,1-4H3,(H,22,25)/p+1. The van der Waals surface area contributed by atoms with E-state index in [0.717, 1.165) is 21.7 Å². The van der Waals surface area contributed by atoms with Gasteiger partial charge in [0.15, 0.2) is 18.0 Å². The molecule has 2 N–H and O–H groups in total. The van der Waals surface area contributed by atoms with Crippen molar-refractivity contribution in [1.82, 2.24) is 0 Å². The van der Waals surface area contributed by atoms with Crippen LogP contribution in [0.5, 0.6) is 11.5 Å². The van der Waals surface area contributed by atoms with Crippen molar-refractivity contribution in [3.8, 4) is 11.5 Å². The highest BCUT2D eigenvalue weighted by Gasteiger charge is 2.28. The first kappa shape index (κ1) is 19.7. The fourth-order valence-electron chi connectivity index (χ4n) is 3.41. The summed E-state index contributed by atoms with van der Waals surface area (Å²) < 4.78 is 10.7. The second-order valence-corrected chi connectivity index (χ2v) is 6.99. The number of carbonyl (C=O) groups excluding carboxylic acids is 2. The zero-order valence-corrected chi connectivity index (χ0v) is 16.7. The van der Waals surface area contributed by atoms with Gasteiger partial charge < -0.3 is 19.7 Å². The lowest BCUT2D eigenvalue weighted by Crippen LogP contribution is -3.09. The number of likely N-dealkylation sites (N-methyl/N-ethyl adjacent to an activating group) is 1. The van der Waals surface area contributed by atoms with Crippen molar-refractivity contribution >= 4 is 23.2 Å². The van der Waals surface area contributed by atoms with Crippen LogP contribution < -0.4 is 24.6 Å². The molecule has 1 heterocycles. The number of methoxy groups -OCH3 is 2. The van der Waals surface area contributed by atoms with Crippen molar-refractivity contribution in [2.45, 2.75) is 13.5 Å². The minimum absolute atomic E-state index is 0.0402. The number of fused-ring (bicyclic) bond motifs is 1. The van der Waals surface area contributed by atoms with Gasteiger partial charge in [0, 0.05) is 5.56 Å². The van der Waals surface area contributed by atoms with Crippen molar-refractivity contribution < 1.29 is 24.0 Å². The lowest BCUT2D eigenvalue weighted by atomic mass is 10.1. The number of ether oxygens (including phenoxy) is 2. The Bertz CT molecular complexity index is 897. The van der Waals surface area contributed by atoms with Crippen LogP contribution in [0.3, 0.4) is 0 Å². The number of carbonyl (C=O) groups is 2. The normalized spacial score (nSPS) is 14.1. The predicted octanol–water partition coefficient (Wildman–Crippen LogP) is 1.01. The summed E-state index contributed by atoms with van der Waals surface area (Å²) in [5.41, 5.74) is 3.56. The fraction of sp³-hybridized carbons (Fsp3) is 0.333. The average molecular weight is 384 g/mol. The first-order valence-electron chi connectivity index (χ1n) is 9.15. The maximum Gasteiger partial charge on any atom is 0.282 e. The molecule has 148 valence electrons. The van der Waals surface area contributed by atoms with E-state index in [4.69, 9.17) is 9.47 Å². The quantitative estimate of drug-likeness (QED) is 0.780. The number of benzene rings is 2. The molecule has 0 aliphatic carbocycles. The van der Waals surface area contributed by atoms with Gasteiger partial charge >= 0.3 is 0 Å². The van der Waals surface area contributed by atoms with Crippen molar-refractivity contribution in [3.05, 3.63) is 47.5 Å². The molecule has 1 unspecified atom stereocenters. The number of amides is 2. The molecule has 2 aromatic carbocycles. The van der Waals surface area contributed by atoms with Gasteiger partial charge in [-0.1, -0.05) is 12.1 Å². The van der Waals surface area contributed by atoms with Gasteiger partial charge in [-0.25, -0.2) is 0 Å². The summed E-state index contributed by atoms with van der Waals surface area (Å²) in [5, 5.41) is 2.80. The molecule has 7 heteroatoms. The molecule has 7 nitrogen and oxygen atoms in total. The van der Waals surface area contributed by atoms with Crippen LogP contribution >= 0.6 is 0 Å². The maximum absolute atomic E-state index is 12.9. The molecular formula is C21H26N3O4+. The van der Waals surface area contributed by atoms with Gasteiger partial charge in [0.1, 0.15) is 13.1 Å². The van der Waals surface area contributed by atoms with Crippen LogP contribution in [0.25, 0.3) is 0 Å². The Morgan fingerprint density at radius 2 is 1.86 bits per heavy atom. The zero-order chi connectivity index (χ0) is 20.3. The average Bonchev–Trinajstić information content (AvgIpc) is 2.68. The molecule has 1 atom stereocenters. The zero-order valence-electron chi connectivity index (χ0n) is 16.7. The highest BCUT2D eigenvalue weighted by Crippen LogP contribution is 2.30. The maximum atomic E-state index is 12.9. The Balaban J connectivity index is 1.73. The van der Waals surface area contributed by atoms with E-state index in [-0.39, 0.29) is 24.9 Å². The fourth-order valence-corrected chi connectivity index (χ4v) is 3.41. The predicted molar refractivity (Wildman–Crippen MR) is 107 cm³/mol. The number of hydrogen-bond acceptors (Lipinski definition) is 4. The largest absolute Gasteiger partial charge is 0.493 e. The molecule has 1 aliphatic heterocycles.